The Morgan fingerprint density at radius 2 is 1.81 bits per heavy atom. The fraction of sp³-hybridized carbons (Fsp3) is 0.364. The van der Waals surface area contributed by atoms with Gasteiger partial charge in [0.2, 0.25) is 10.0 Å². The van der Waals surface area contributed by atoms with E-state index >= 15 is 0 Å². The average Bonchev–Trinajstić information content (AvgIpc) is 2.78. The van der Waals surface area contributed by atoms with Crippen LogP contribution in [0.3, 0.4) is 0 Å². The topological polar surface area (TPSA) is 92.8 Å². The molecule has 7 nitrogen and oxygen atoms in total. The zero-order chi connectivity index (χ0) is 22.3. The summed E-state index contributed by atoms with van der Waals surface area (Å²) in [6.45, 7) is 2.54. The number of rotatable bonds is 8. The summed E-state index contributed by atoms with van der Waals surface area (Å²) >= 11 is 1.35. The predicted molar refractivity (Wildman–Crippen MR) is 121 cm³/mol. The molecule has 0 aliphatic carbocycles. The van der Waals surface area contributed by atoms with E-state index in [9.17, 15) is 18.0 Å². The van der Waals surface area contributed by atoms with E-state index in [0.717, 1.165) is 29.7 Å². The van der Waals surface area contributed by atoms with Crippen LogP contribution in [0.15, 0.2) is 58.3 Å². The summed E-state index contributed by atoms with van der Waals surface area (Å²) in [7, 11) is -3.59. The Morgan fingerprint density at radius 3 is 2.55 bits per heavy atom. The van der Waals surface area contributed by atoms with E-state index < -0.39 is 28.5 Å². The maximum absolute atomic E-state index is 12.8. The van der Waals surface area contributed by atoms with Crippen LogP contribution in [0.5, 0.6) is 0 Å². The monoisotopic (exact) mass is 462 g/mol. The summed E-state index contributed by atoms with van der Waals surface area (Å²) in [5.74, 6) is -0.923. The van der Waals surface area contributed by atoms with Gasteiger partial charge in [-0.1, -0.05) is 30.7 Å². The number of anilines is 1. The van der Waals surface area contributed by atoms with Gasteiger partial charge in [0.05, 0.1) is 10.6 Å². The van der Waals surface area contributed by atoms with Crippen LogP contribution in [0.25, 0.3) is 0 Å². The lowest BCUT2D eigenvalue weighted by atomic mass is 10.2. The third-order valence-electron chi connectivity index (χ3n) is 4.87. The second kappa shape index (κ2) is 10.8. The Labute approximate surface area is 187 Å². The van der Waals surface area contributed by atoms with E-state index in [0.29, 0.717) is 18.8 Å². The van der Waals surface area contributed by atoms with Crippen LogP contribution in [0.4, 0.5) is 5.69 Å². The zero-order valence-corrected chi connectivity index (χ0v) is 19.0. The number of aryl methyl sites for hydroxylation is 1. The van der Waals surface area contributed by atoms with Gasteiger partial charge in [-0.2, -0.15) is 4.31 Å². The van der Waals surface area contributed by atoms with Crippen molar-refractivity contribution >= 4 is 39.3 Å². The van der Waals surface area contributed by atoms with Crippen LogP contribution < -0.4 is 5.32 Å². The highest BCUT2D eigenvalue weighted by Gasteiger charge is 2.26. The minimum absolute atomic E-state index is 0.0989. The number of benzene rings is 2. The second-order valence-electron chi connectivity index (χ2n) is 7.26. The Hall–Kier alpha value is -2.36. The first kappa shape index (κ1) is 23.3. The van der Waals surface area contributed by atoms with Gasteiger partial charge in [0, 0.05) is 23.7 Å². The molecule has 0 aromatic heterocycles. The van der Waals surface area contributed by atoms with Gasteiger partial charge in [-0.25, -0.2) is 8.42 Å². The van der Waals surface area contributed by atoms with E-state index in [4.69, 9.17) is 4.74 Å². The first-order valence-electron chi connectivity index (χ1n) is 10.1. The average molecular weight is 463 g/mol. The number of nitrogens with one attached hydrogen (secondary N) is 1. The fourth-order valence-corrected chi connectivity index (χ4v) is 5.62. The van der Waals surface area contributed by atoms with E-state index in [1.807, 2.05) is 31.2 Å². The standard InChI is InChI=1S/C22H26N2O5S2/c1-17-8-3-4-11-20(17)30-16-22(26)29-15-21(25)23-18-9-7-10-19(14-18)31(27,28)24-12-5-2-6-13-24/h3-4,7-11,14H,2,5-6,12-13,15-16H2,1H3,(H,23,25). The van der Waals surface area contributed by atoms with Gasteiger partial charge in [-0.15, -0.1) is 11.8 Å². The lowest BCUT2D eigenvalue weighted by Gasteiger charge is -2.26. The number of carbonyl (C=O) groups excluding carboxylic acids is 2. The minimum Gasteiger partial charge on any atom is -0.455 e. The van der Waals surface area contributed by atoms with Crippen molar-refractivity contribution in [2.75, 3.05) is 30.8 Å². The quantitative estimate of drug-likeness (QED) is 0.477. The van der Waals surface area contributed by atoms with E-state index in [1.54, 1.807) is 12.1 Å². The van der Waals surface area contributed by atoms with Gasteiger partial charge in [0.15, 0.2) is 6.61 Å². The molecule has 1 amide bonds. The molecule has 0 atom stereocenters. The SMILES string of the molecule is Cc1ccccc1SCC(=O)OCC(=O)Nc1cccc(S(=O)(=O)N2CCCCC2)c1. The van der Waals surface area contributed by atoms with Crippen molar-refractivity contribution in [2.45, 2.75) is 36.0 Å². The van der Waals surface area contributed by atoms with Crippen LogP contribution in [-0.2, 0) is 24.3 Å². The number of thioether (sulfide) groups is 1. The summed E-state index contributed by atoms with van der Waals surface area (Å²) in [6, 6.07) is 13.8. The number of sulfonamides is 1. The van der Waals surface area contributed by atoms with Crippen molar-refractivity contribution < 1.29 is 22.7 Å². The summed E-state index contributed by atoms with van der Waals surface area (Å²) in [5.41, 5.74) is 1.41. The molecule has 1 saturated heterocycles. The van der Waals surface area contributed by atoms with Gasteiger partial charge in [0.25, 0.3) is 5.91 Å². The fourth-order valence-electron chi connectivity index (χ4n) is 3.23. The molecule has 0 bridgehead atoms. The Bertz CT molecular complexity index is 1030. The molecule has 1 fully saturated rings. The van der Waals surface area contributed by atoms with Gasteiger partial charge >= 0.3 is 5.97 Å². The molecule has 3 rings (SSSR count). The van der Waals surface area contributed by atoms with Crippen LogP contribution in [0.2, 0.25) is 0 Å². The molecule has 166 valence electrons. The molecule has 0 saturated carbocycles. The highest BCUT2D eigenvalue weighted by Crippen LogP contribution is 2.23. The molecule has 0 radical (unpaired) electrons. The van der Waals surface area contributed by atoms with Crippen molar-refractivity contribution in [3.63, 3.8) is 0 Å². The Morgan fingerprint density at radius 1 is 1.06 bits per heavy atom. The smallest absolute Gasteiger partial charge is 0.316 e. The normalized spacial score (nSPS) is 14.7. The molecule has 9 heteroatoms. The number of piperidine rings is 1. The first-order valence-corrected chi connectivity index (χ1v) is 12.5. The molecule has 2 aromatic rings. The molecular weight excluding hydrogens is 436 g/mol. The van der Waals surface area contributed by atoms with Crippen LogP contribution in [-0.4, -0.2) is 50.0 Å². The van der Waals surface area contributed by atoms with E-state index in [1.165, 1.54) is 28.2 Å². The lowest BCUT2D eigenvalue weighted by molar-refractivity contribution is -0.144. The molecule has 0 unspecified atom stereocenters. The van der Waals surface area contributed by atoms with Crippen molar-refractivity contribution in [2.24, 2.45) is 0 Å². The summed E-state index contributed by atoms with van der Waals surface area (Å²) in [4.78, 5) is 25.2. The van der Waals surface area contributed by atoms with Crippen molar-refractivity contribution in [1.29, 1.82) is 0 Å². The van der Waals surface area contributed by atoms with Crippen molar-refractivity contribution in [1.82, 2.24) is 4.31 Å². The largest absolute Gasteiger partial charge is 0.455 e. The van der Waals surface area contributed by atoms with E-state index in [2.05, 4.69) is 5.32 Å². The number of hydrogen-bond acceptors (Lipinski definition) is 6. The second-order valence-corrected chi connectivity index (χ2v) is 10.2. The number of ether oxygens (including phenoxy) is 1. The first-order chi connectivity index (χ1) is 14.9. The number of hydrogen-bond donors (Lipinski definition) is 1. The number of carbonyl (C=O) groups is 2. The molecule has 2 aromatic carbocycles. The van der Waals surface area contributed by atoms with Crippen molar-refractivity contribution in [3.05, 3.63) is 54.1 Å². The maximum atomic E-state index is 12.8. The van der Waals surface area contributed by atoms with Gasteiger partial charge < -0.3 is 10.1 Å². The summed E-state index contributed by atoms with van der Waals surface area (Å²) in [5, 5.41) is 2.59. The number of amides is 1. The van der Waals surface area contributed by atoms with Crippen LogP contribution in [0, 0.1) is 6.92 Å². The summed E-state index contributed by atoms with van der Waals surface area (Å²) in [6.07, 6.45) is 2.73. The molecular formula is C22H26N2O5S2. The molecule has 1 aliphatic rings. The lowest BCUT2D eigenvalue weighted by Crippen LogP contribution is -2.35. The van der Waals surface area contributed by atoms with Gasteiger partial charge in [0.1, 0.15) is 0 Å². The molecule has 1 aliphatic heterocycles. The Kier molecular flexibility index (Phi) is 8.11. The summed E-state index contributed by atoms with van der Waals surface area (Å²) < 4.78 is 32.1. The van der Waals surface area contributed by atoms with E-state index in [-0.39, 0.29) is 10.6 Å². The molecule has 1 heterocycles. The maximum Gasteiger partial charge on any atom is 0.316 e. The van der Waals surface area contributed by atoms with Gasteiger partial charge in [-0.05, 0) is 49.6 Å². The molecule has 31 heavy (non-hydrogen) atoms. The molecule has 1 N–H and O–H groups in total. The predicted octanol–water partition coefficient (Wildman–Crippen LogP) is 3.44. The molecule has 0 spiro atoms. The van der Waals surface area contributed by atoms with Crippen LogP contribution >= 0.6 is 11.8 Å². The van der Waals surface area contributed by atoms with Crippen molar-refractivity contribution in [3.8, 4) is 0 Å². The Balaban J connectivity index is 1.51. The minimum atomic E-state index is -3.59. The highest BCUT2D eigenvalue weighted by atomic mass is 32.2. The number of esters is 1. The number of nitrogens with zero attached hydrogens (tertiary/aromatic N) is 1. The highest BCUT2D eigenvalue weighted by molar-refractivity contribution is 8.00. The third kappa shape index (κ3) is 6.56. The van der Waals surface area contributed by atoms with Crippen LogP contribution in [0.1, 0.15) is 24.8 Å². The third-order valence-corrected chi connectivity index (χ3v) is 7.92. The van der Waals surface area contributed by atoms with Gasteiger partial charge in [-0.3, -0.25) is 9.59 Å². The zero-order valence-electron chi connectivity index (χ0n) is 17.4.